The van der Waals surface area contributed by atoms with Crippen LogP contribution >= 0.6 is 0 Å². The third kappa shape index (κ3) is 3.51. The molecule has 1 aliphatic heterocycles. The van der Waals surface area contributed by atoms with Gasteiger partial charge in [-0.15, -0.1) is 0 Å². The average Bonchev–Trinajstić information content (AvgIpc) is 2.65. The maximum Gasteiger partial charge on any atom is 0.246 e. The molecule has 2 aromatic rings. The fourth-order valence-electron chi connectivity index (χ4n) is 3.01. The molecule has 5 heteroatoms. The predicted molar refractivity (Wildman–Crippen MR) is 94.5 cm³/mol. The minimum Gasteiger partial charge on any atom is -0.497 e. The van der Waals surface area contributed by atoms with Gasteiger partial charge in [0.2, 0.25) is 5.91 Å². The molecule has 126 valence electrons. The molecule has 2 aromatic carbocycles. The van der Waals surface area contributed by atoms with Crippen molar-refractivity contribution in [1.29, 1.82) is 0 Å². The Balaban J connectivity index is 1.70. The summed E-state index contributed by atoms with van der Waals surface area (Å²) in [5, 5.41) is 12.3. The number of methoxy groups -OCH3 is 1. The van der Waals surface area contributed by atoms with E-state index in [1.165, 1.54) is 0 Å². The van der Waals surface area contributed by atoms with Crippen molar-refractivity contribution in [3.05, 3.63) is 53.6 Å². The molecule has 5 nitrogen and oxygen atoms in total. The summed E-state index contributed by atoms with van der Waals surface area (Å²) in [5.41, 5.74) is 3.78. The van der Waals surface area contributed by atoms with Crippen molar-refractivity contribution in [2.45, 2.75) is 19.4 Å². The highest BCUT2D eigenvalue weighted by Crippen LogP contribution is 2.30. The van der Waals surface area contributed by atoms with Gasteiger partial charge in [0.15, 0.2) is 0 Å². The quantitative estimate of drug-likeness (QED) is 0.886. The van der Waals surface area contributed by atoms with Crippen LogP contribution in [0.1, 0.15) is 17.5 Å². The number of rotatable bonds is 5. The first-order chi connectivity index (χ1) is 11.7. The lowest BCUT2D eigenvalue weighted by Gasteiger charge is -2.30. The summed E-state index contributed by atoms with van der Waals surface area (Å²) in [6.45, 7) is 0.946. The summed E-state index contributed by atoms with van der Waals surface area (Å²) in [6.07, 6.45) is 1.91. The molecule has 1 amide bonds. The van der Waals surface area contributed by atoms with Gasteiger partial charge in [0.25, 0.3) is 0 Å². The largest absolute Gasteiger partial charge is 0.497 e. The molecule has 0 fully saturated rings. The molecular formula is C19H22N2O3. The highest BCUT2D eigenvalue weighted by molar-refractivity contribution is 5.97. The first-order valence-electron chi connectivity index (χ1n) is 8.12. The summed E-state index contributed by atoms with van der Waals surface area (Å²) in [7, 11) is 1.65. The second kappa shape index (κ2) is 7.36. The molecule has 1 heterocycles. The van der Waals surface area contributed by atoms with Gasteiger partial charge in [0, 0.05) is 17.9 Å². The van der Waals surface area contributed by atoms with Gasteiger partial charge in [-0.05, 0) is 54.3 Å². The number of anilines is 2. The van der Waals surface area contributed by atoms with Crippen LogP contribution in [0, 0.1) is 0 Å². The number of aliphatic hydroxyl groups is 1. The molecule has 0 spiro atoms. The smallest absolute Gasteiger partial charge is 0.246 e. The Morgan fingerprint density at radius 3 is 2.96 bits per heavy atom. The molecule has 3 rings (SSSR count). The molecule has 0 radical (unpaired) electrons. The second-order valence-electron chi connectivity index (χ2n) is 5.86. The van der Waals surface area contributed by atoms with Crippen molar-refractivity contribution in [2.24, 2.45) is 0 Å². The Kier molecular flexibility index (Phi) is 5.01. The molecule has 2 N–H and O–H groups in total. The SMILES string of the molecule is COc1ccc2c(c1)CCCN2C(=O)CNc1cccc(CO)c1. The Morgan fingerprint density at radius 2 is 2.17 bits per heavy atom. The van der Waals surface area contributed by atoms with Crippen LogP contribution in [0.4, 0.5) is 11.4 Å². The van der Waals surface area contributed by atoms with Crippen LogP contribution in [0.25, 0.3) is 0 Å². The van der Waals surface area contributed by atoms with Crippen molar-refractivity contribution >= 4 is 17.3 Å². The zero-order valence-corrected chi connectivity index (χ0v) is 13.8. The fourth-order valence-corrected chi connectivity index (χ4v) is 3.01. The number of aryl methyl sites for hydroxylation is 1. The van der Waals surface area contributed by atoms with Crippen LogP contribution in [-0.4, -0.2) is 31.2 Å². The van der Waals surface area contributed by atoms with Crippen LogP contribution < -0.4 is 15.0 Å². The summed E-state index contributed by atoms with van der Waals surface area (Å²) in [5.74, 6) is 0.859. The molecule has 0 unspecified atom stereocenters. The van der Waals surface area contributed by atoms with Crippen LogP contribution in [-0.2, 0) is 17.8 Å². The molecule has 0 aromatic heterocycles. The van der Waals surface area contributed by atoms with Gasteiger partial charge in [-0.1, -0.05) is 12.1 Å². The van der Waals surface area contributed by atoms with Gasteiger partial charge in [0.05, 0.1) is 20.3 Å². The number of hydrogen-bond acceptors (Lipinski definition) is 4. The van der Waals surface area contributed by atoms with E-state index in [-0.39, 0.29) is 19.1 Å². The van der Waals surface area contributed by atoms with Crippen LogP contribution in [0.15, 0.2) is 42.5 Å². The Labute approximate surface area is 141 Å². The van der Waals surface area contributed by atoms with E-state index in [0.717, 1.165) is 47.6 Å². The molecule has 0 aliphatic carbocycles. The van der Waals surface area contributed by atoms with E-state index >= 15 is 0 Å². The van der Waals surface area contributed by atoms with Gasteiger partial charge in [-0.3, -0.25) is 4.79 Å². The molecule has 0 atom stereocenters. The maximum atomic E-state index is 12.6. The number of carbonyl (C=O) groups is 1. The number of hydrogen-bond donors (Lipinski definition) is 2. The first kappa shape index (κ1) is 16.3. The summed E-state index contributed by atoms with van der Waals surface area (Å²) < 4.78 is 5.27. The van der Waals surface area contributed by atoms with Gasteiger partial charge in [-0.2, -0.15) is 0 Å². The molecule has 1 aliphatic rings. The van der Waals surface area contributed by atoms with Crippen molar-refractivity contribution < 1.29 is 14.6 Å². The number of fused-ring (bicyclic) bond motifs is 1. The summed E-state index contributed by atoms with van der Waals surface area (Å²) in [4.78, 5) is 14.5. The van der Waals surface area contributed by atoms with Gasteiger partial charge in [-0.25, -0.2) is 0 Å². The zero-order valence-electron chi connectivity index (χ0n) is 13.8. The van der Waals surface area contributed by atoms with Crippen molar-refractivity contribution in [1.82, 2.24) is 0 Å². The third-order valence-electron chi connectivity index (χ3n) is 4.26. The first-order valence-corrected chi connectivity index (χ1v) is 8.12. The lowest BCUT2D eigenvalue weighted by atomic mass is 10.0. The molecule has 24 heavy (non-hydrogen) atoms. The Hall–Kier alpha value is -2.53. The number of ether oxygens (including phenoxy) is 1. The monoisotopic (exact) mass is 326 g/mol. The molecule has 0 saturated carbocycles. The molecular weight excluding hydrogens is 304 g/mol. The highest BCUT2D eigenvalue weighted by Gasteiger charge is 2.22. The molecule has 0 saturated heterocycles. The minimum atomic E-state index is -0.00913. The van der Waals surface area contributed by atoms with Gasteiger partial charge >= 0.3 is 0 Å². The topological polar surface area (TPSA) is 61.8 Å². The summed E-state index contributed by atoms with van der Waals surface area (Å²) in [6, 6.07) is 13.3. The van der Waals surface area contributed by atoms with E-state index in [9.17, 15) is 9.90 Å². The van der Waals surface area contributed by atoms with Crippen molar-refractivity contribution in [3.8, 4) is 5.75 Å². The number of nitrogens with zero attached hydrogens (tertiary/aromatic N) is 1. The maximum absolute atomic E-state index is 12.6. The number of carbonyl (C=O) groups excluding carboxylic acids is 1. The third-order valence-corrected chi connectivity index (χ3v) is 4.26. The highest BCUT2D eigenvalue weighted by atomic mass is 16.5. The lowest BCUT2D eigenvalue weighted by Crippen LogP contribution is -2.39. The van der Waals surface area contributed by atoms with Crippen LogP contribution in [0.2, 0.25) is 0 Å². The zero-order chi connectivity index (χ0) is 16.9. The van der Waals surface area contributed by atoms with Crippen LogP contribution in [0.3, 0.4) is 0 Å². The van der Waals surface area contributed by atoms with E-state index in [1.54, 1.807) is 7.11 Å². The predicted octanol–water partition coefficient (Wildman–Crippen LogP) is 2.58. The number of amides is 1. The Morgan fingerprint density at radius 1 is 1.29 bits per heavy atom. The normalized spacial score (nSPS) is 13.3. The lowest BCUT2D eigenvalue weighted by molar-refractivity contribution is -0.117. The molecule has 0 bridgehead atoms. The second-order valence-corrected chi connectivity index (χ2v) is 5.86. The minimum absolute atomic E-state index is 0.00913. The number of nitrogens with one attached hydrogen (secondary N) is 1. The van der Waals surface area contributed by atoms with E-state index in [1.807, 2.05) is 47.4 Å². The van der Waals surface area contributed by atoms with E-state index in [4.69, 9.17) is 4.74 Å². The Bertz CT molecular complexity index is 730. The standard InChI is InChI=1S/C19H22N2O3/c1-24-17-7-8-18-15(11-17)5-3-9-21(18)19(23)12-20-16-6-2-4-14(10-16)13-22/h2,4,6-8,10-11,20,22H,3,5,9,12-13H2,1H3. The van der Waals surface area contributed by atoms with Crippen LogP contribution in [0.5, 0.6) is 5.75 Å². The number of aliphatic hydroxyl groups excluding tert-OH is 1. The van der Waals surface area contributed by atoms with Gasteiger partial charge < -0.3 is 20.1 Å². The van der Waals surface area contributed by atoms with E-state index in [2.05, 4.69) is 5.32 Å². The van der Waals surface area contributed by atoms with Crippen molar-refractivity contribution in [2.75, 3.05) is 30.4 Å². The van der Waals surface area contributed by atoms with E-state index in [0.29, 0.717) is 0 Å². The fraction of sp³-hybridized carbons (Fsp3) is 0.316. The van der Waals surface area contributed by atoms with Gasteiger partial charge in [0.1, 0.15) is 5.75 Å². The van der Waals surface area contributed by atoms with Crippen molar-refractivity contribution in [3.63, 3.8) is 0 Å². The average molecular weight is 326 g/mol. The van der Waals surface area contributed by atoms with E-state index < -0.39 is 0 Å². The summed E-state index contributed by atoms with van der Waals surface area (Å²) >= 11 is 0. The number of benzene rings is 2.